The SMILES string of the molecule is CNC(=O)c1ccc(B2OC(C)(C)C(C)(C)O2)c(OCc2ccccc2)c1. The van der Waals surface area contributed by atoms with Gasteiger partial charge in [0.15, 0.2) is 0 Å². The predicted octanol–water partition coefficient (Wildman–Crippen LogP) is 2.92. The molecule has 0 aromatic heterocycles. The molecule has 1 fully saturated rings. The summed E-state index contributed by atoms with van der Waals surface area (Å²) < 4.78 is 18.4. The van der Waals surface area contributed by atoms with E-state index in [-0.39, 0.29) is 5.91 Å². The molecule has 1 saturated heterocycles. The van der Waals surface area contributed by atoms with E-state index in [0.717, 1.165) is 11.0 Å². The molecule has 1 aliphatic rings. The number of amides is 1. The van der Waals surface area contributed by atoms with E-state index < -0.39 is 18.3 Å². The Hall–Kier alpha value is -2.31. The van der Waals surface area contributed by atoms with Crippen LogP contribution in [0.1, 0.15) is 43.6 Å². The molecular formula is C21H26BNO4. The standard InChI is InChI=1S/C21H26BNO4/c1-20(2)21(3,4)27-22(26-20)17-12-11-16(19(24)23-5)13-18(17)25-14-15-9-7-6-8-10-15/h6-13H,14H2,1-5H3,(H,23,24). The number of hydrogen-bond acceptors (Lipinski definition) is 4. The van der Waals surface area contributed by atoms with Crippen molar-refractivity contribution in [2.45, 2.75) is 45.5 Å². The molecule has 2 aromatic rings. The smallest absolute Gasteiger partial charge is 0.489 e. The topological polar surface area (TPSA) is 56.8 Å². The van der Waals surface area contributed by atoms with Crippen LogP contribution in [0.15, 0.2) is 48.5 Å². The first-order chi connectivity index (χ1) is 12.7. The third kappa shape index (κ3) is 4.02. The molecule has 1 amide bonds. The van der Waals surface area contributed by atoms with E-state index in [9.17, 15) is 4.79 Å². The van der Waals surface area contributed by atoms with E-state index in [1.165, 1.54) is 0 Å². The fraction of sp³-hybridized carbons (Fsp3) is 0.381. The maximum Gasteiger partial charge on any atom is 0.498 e. The fourth-order valence-corrected chi connectivity index (χ4v) is 2.85. The minimum Gasteiger partial charge on any atom is -0.489 e. The quantitative estimate of drug-likeness (QED) is 0.826. The molecule has 2 aromatic carbocycles. The first kappa shape index (κ1) is 19.5. The Bertz CT molecular complexity index is 804. The maximum atomic E-state index is 12.0. The second-order valence-corrected chi connectivity index (χ2v) is 7.69. The molecular weight excluding hydrogens is 341 g/mol. The van der Waals surface area contributed by atoms with Crippen molar-refractivity contribution < 1.29 is 18.8 Å². The van der Waals surface area contributed by atoms with Crippen LogP contribution >= 0.6 is 0 Å². The Morgan fingerprint density at radius 3 is 2.26 bits per heavy atom. The van der Waals surface area contributed by atoms with Crippen molar-refractivity contribution in [3.8, 4) is 5.75 Å². The van der Waals surface area contributed by atoms with E-state index in [1.807, 2.05) is 64.1 Å². The number of carbonyl (C=O) groups excluding carboxylic acids is 1. The van der Waals surface area contributed by atoms with Crippen molar-refractivity contribution in [2.75, 3.05) is 7.05 Å². The van der Waals surface area contributed by atoms with Crippen molar-refractivity contribution in [1.29, 1.82) is 0 Å². The lowest BCUT2D eigenvalue weighted by Gasteiger charge is -2.32. The fourth-order valence-electron chi connectivity index (χ4n) is 2.85. The van der Waals surface area contributed by atoms with E-state index >= 15 is 0 Å². The molecule has 0 bridgehead atoms. The third-order valence-electron chi connectivity index (χ3n) is 5.25. The highest BCUT2D eigenvalue weighted by Gasteiger charge is 2.52. The first-order valence-corrected chi connectivity index (χ1v) is 9.12. The second-order valence-electron chi connectivity index (χ2n) is 7.69. The van der Waals surface area contributed by atoms with Gasteiger partial charge < -0.3 is 19.4 Å². The summed E-state index contributed by atoms with van der Waals surface area (Å²) in [6, 6.07) is 15.2. The Balaban J connectivity index is 1.92. The van der Waals surface area contributed by atoms with Crippen molar-refractivity contribution in [3.05, 3.63) is 59.7 Å². The lowest BCUT2D eigenvalue weighted by molar-refractivity contribution is 0.00578. The Kier molecular flexibility index (Phi) is 5.31. The Morgan fingerprint density at radius 1 is 1.04 bits per heavy atom. The lowest BCUT2D eigenvalue weighted by atomic mass is 9.78. The summed E-state index contributed by atoms with van der Waals surface area (Å²) in [4.78, 5) is 12.0. The van der Waals surface area contributed by atoms with Gasteiger partial charge in [0.05, 0.1) is 11.2 Å². The van der Waals surface area contributed by atoms with Crippen molar-refractivity contribution in [1.82, 2.24) is 5.32 Å². The van der Waals surface area contributed by atoms with Crippen LogP contribution in [0.3, 0.4) is 0 Å². The Labute approximate surface area is 161 Å². The molecule has 5 nitrogen and oxygen atoms in total. The van der Waals surface area contributed by atoms with Gasteiger partial charge in [-0.3, -0.25) is 4.79 Å². The van der Waals surface area contributed by atoms with Crippen molar-refractivity contribution in [3.63, 3.8) is 0 Å². The average molecular weight is 367 g/mol. The van der Waals surface area contributed by atoms with Gasteiger partial charge in [-0.05, 0) is 45.4 Å². The monoisotopic (exact) mass is 367 g/mol. The van der Waals surface area contributed by atoms with E-state index in [1.54, 1.807) is 19.2 Å². The number of carbonyl (C=O) groups is 1. The molecule has 0 spiro atoms. The van der Waals surface area contributed by atoms with Crippen molar-refractivity contribution >= 4 is 18.5 Å². The third-order valence-corrected chi connectivity index (χ3v) is 5.25. The number of rotatable bonds is 5. The first-order valence-electron chi connectivity index (χ1n) is 9.12. The zero-order chi connectivity index (χ0) is 19.7. The van der Waals surface area contributed by atoms with E-state index in [2.05, 4.69) is 5.32 Å². The van der Waals surface area contributed by atoms with Gasteiger partial charge in [-0.15, -0.1) is 0 Å². The molecule has 1 N–H and O–H groups in total. The average Bonchev–Trinajstić information content (AvgIpc) is 2.87. The van der Waals surface area contributed by atoms with Crippen LogP contribution < -0.4 is 15.5 Å². The van der Waals surface area contributed by atoms with Crippen LogP contribution in [0, 0.1) is 0 Å². The van der Waals surface area contributed by atoms with Crippen LogP contribution in [0.25, 0.3) is 0 Å². The second kappa shape index (κ2) is 7.37. The number of ether oxygens (including phenoxy) is 1. The molecule has 1 heterocycles. The van der Waals surface area contributed by atoms with Crippen LogP contribution in [0.5, 0.6) is 5.75 Å². The summed E-state index contributed by atoms with van der Waals surface area (Å²) in [6.07, 6.45) is 0. The molecule has 0 unspecified atom stereocenters. The van der Waals surface area contributed by atoms with E-state index in [0.29, 0.717) is 17.9 Å². The molecule has 0 saturated carbocycles. The minimum absolute atomic E-state index is 0.167. The summed E-state index contributed by atoms with van der Waals surface area (Å²) in [5, 5.41) is 2.64. The zero-order valence-electron chi connectivity index (χ0n) is 16.5. The van der Waals surface area contributed by atoms with Gasteiger partial charge in [-0.1, -0.05) is 36.4 Å². The van der Waals surface area contributed by atoms with Gasteiger partial charge in [0, 0.05) is 18.1 Å². The van der Waals surface area contributed by atoms with Gasteiger partial charge in [0.2, 0.25) is 0 Å². The molecule has 1 aliphatic heterocycles. The summed E-state index contributed by atoms with van der Waals surface area (Å²) in [5.41, 5.74) is 1.45. The molecule has 6 heteroatoms. The van der Waals surface area contributed by atoms with Gasteiger partial charge in [0.25, 0.3) is 5.91 Å². The highest BCUT2D eigenvalue weighted by molar-refractivity contribution is 6.63. The highest BCUT2D eigenvalue weighted by Crippen LogP contribution is 2.37. The van der Waals surface area contributed by atoms with Crippen molar-refractivity contribution in [2.24, 2.45) is 0 Å². The zero-order valence-corrected chi connectivity index (χ0v) is 16.5. The lowest BCUT2D eigenvalue weighted by Crippen LogP contribution is -2.41. The summed E-state index contributed by atoms with van der Waals surface area (Å²) >= 11 is 0. The number of hydrogen-bond donors (Lipinski definition) is 1. The van der Waals surface area contributed by atoms with Crippen LogP contribution in [0.4, 0.5) is 0 Å². The number of nitrogens with one attached hydrogen (secondary N) is 1. The Morgan fingerprint density at radius 2 is 1.67 bits per heavy atom. The summed E-state index contributed by atoms with van der Waals surface area (Å²) in [5.74, 6) is 0.415. The normalized spacial score (nSPS) is 17.6. The summed E-state index contributed by atoms with van der Waals surface area (Å²) in [7, 11) is 1.05. The van der Waals surface area contributed by atoms with E-state index in [4.69, 9.17) is 14.0 Å². The minimum atomic E-state index is -0.556. The van der Waals surface area contributed by atoms with Gasteiger partial charge in [-0.2, -0.15) is 0 Å². The van der Waals surface area contributed by atoms with Gasteiger partial charge >= 0.3 is 7.12 Å². The summed E-state index contributed by atoms with van der Waals surface area (Å²) in [6.45, 7) is 8.43. The van der Waals surface area contributed by atoms with Crippen LogP contribution in [0.2, 0.25) is 0 Å². The highest BCUT2D eigenvalue weighted by atomic mass is 16.7. The largest absolute Gasteiger partial charge is 0.498 e. The van der Waals surface area contributed by atoms with Crippen LogP contribution in [-0.2, 0) is 15.9 Å². The molecule has 142 valence electrons. The molecule has 3 rings (SSSR count). The van der Waals surface area contributed by atoms with Gasteiger partial charge in [-0.25, -0.2) is 0 Å². The molecule has 0 radical (unpaired) electrons. The maximum absolute atomic E-state index is 12.0. The molecule has 27 heavy (non-hydrogen) atoms. The molecule has 0 atom stereocenters. The molecule has 0 aliphatic carbocycles. The predicted molar refractivity (Wildman–Crippen MR) is 106 cm³/mol. The van der Waals surface area contributed by atoms with Gasteiger partial charge in [0.1, 0.15) is 12.4 Å². The number of benzene rings is 2. The van der Waals surface area contributed by atoms with Crippen LogP contribution in [-0.4, -0.2) is 31.3 Å².